The molecule has 0 N–H and O–H groups in total. The topological polar surface area (TPSA) is 27.7 Å². The van der Waals surface area contributed by atoms with Gasteiger partial charge in [0.15, 0.2) is 0 Å². The van der Waals surface area contributed by atoms with Gasteiger partial charge in [-0.2, -0.15) is 0 Å². The van der Waals surface area contributed by atoms with Crippen LogP contribution in [0.5, 0.6) is 0 Å². The summed E-state index contributed by atoms with van der Waals surface area (Å²) in [5, 5.41) is 0. The zero-order chi connectivity index (χ0) is 13.1. The van der Waals surface area contributed by atoms with Gasteiger partial charge in [0.25, 0.3) is 0 Å². The highest BCUT2D eigenvalue weighted by Gasteiger charge is 2.41. The molecule has 3 heteroatoms. The lowest BCUT2D eigenvalue weighted by Crippen LogP contribution is -2.31. The van der Waals surface area contributed by atoms with Crippen LogP contribution in [0.15, 0.2) is 30.3 Å². The average molecular weight is 262 g/mol. The minimum Gasteiger partial charge on any atom is -0.347 e. The van der Waals surface area contributed by atoms with Crippen molar-refractivity contribution in [2.75, 3.05) is 6.61 Å². The van der Waals surface area contributed by atoms with Crippen molar-refractivity contribution in [1.29, 1.82) is 0 Å². The third-order valence-corrected chi connectivity index (χ3v) is 4.34. The SMILES string of the molecule is C[C@H](c1ccccc1)[C@H]1CCOC2(CCCC2)OO1. The third-order valence-electron chi connectivity index (χ3n) is 4.34. The first kappa shape index (κ1) is 13.1. The number of hydrogen-bond acceptors (Lipinski definition) is 3. The van der Waals surface area contributed by atoms with Crippen LogP contribution in [-0.4, -0.2) is 18.5 Å². The highest BCUT2D eigenvalue weighted by atomic mass is 17.2. The van der Waals surface area contributed by atoms with E-state index >= 15 is 0 Å². The van der Waals surface area contributed by atoms with E-state index in [9.17, 15) is 0 Å². The highest BCUT2D eigenvalue weighted by molar-refractivity contribution is 5.19. The van der Waals surface area contributed by atoms with Crippen LogP contribution in [0.1, 0.15) is 50.5 Å². The predicted molar refractivity (Wildman–Crippen MR) is 72.6 cm³/mol. The van der Waals surface area contributed by atoms with E-state index in [1.165, 1.54) is 18.4 Å². The van der Waals surface area contributed by atoms with Gasteiger partial charge in [-0.05, 0) is 18.4 Å². The molecular weight excluding hydrogens is 240 g/mol. The van der Waals surface area contributed by atoms with Crippen LogP contribution in [0.4, 0.5) is 0 Å². The molecule has 0 radical (unpaired) electrons. The van der Waals surface area contributed by atoms with Crippen molar-refractivity contribution < 1.29 is 14.5 Å². The molecule has 1 heterocycles. The second-order valence-corrected chi connectivity index (χ2v) is 5.67. The van der Waals surface area contributed by atoms with Gasteiger partial charge in [-0.25, -0.2) is 9.78 Å². The fourth-order valence-corrected chi connectivity index (χ4v) is 3.03. The zero-order valence-electron chi connectivity index (χ0n) is 11.5. The normalized spacial score (nSPS) is 28.2. The van der Waals surface area contributed by atoms with Crippen LogP contribution >= 0.6 is 0 Å². The summed E-state index contributed by atoms with van der Waals surface area (Å²) in [6, 6.07) is 10.5. The molecule has 1 aliphatic carbocycles. The third kappa shape index (κ3) is 2.83. The first-order chi connectivity index (χ1) is 9.29. The Kier molecular flexibility index (Phi) is 3.87. The van der Waals surface area contributed by atoms with Crippen molar-refractivity contribution in [2.45, 2.75) is 56.8 Å². The summed E-state index contributed by atoms with van der Waals surface area (Å²) in [7, 11) is 0. The zero-order valence-corrected chi connectivity index (χ0v) is 11.5. The molecule has 1 aliphatic heterocycles. The Morgan fingerprint density at radius 1 is 1.16 bits per heavy atom. The molecular formula is C16H22O3. The van der Waals surface area contributed by atoms with E-state index in [1.807, 2.05) is 6.07 Å². The van der Waals surface area contributed by atoms with Gasteiger partial charge in [-0.3, -0.25) is 0 Å². The highest BCUT2D eigenvalue weighted by Crippen LogP contribution is 2.38. The van der Waals surface area contributed by atoms with Gasteiger partial charge in [0.2, 0.25) is 5.79 Å². The van der Waals surface area contributed by atoms with Crippen molar-refractivity contribution >= 4 is 0 Å². The van der Waals surface area contributed by atoms with Gasteiger partial charge in [-0.15, -0.1) is 0 Å². The molecule has 2 aliphatic rings. The van der Waals surface area contributed by atoms with Gasteiger partial charge >= 0.3 is 0 Å². The van der Waals surface area contributed by atoms with Crippen molar-refractivity contribution in [3.63, 3.8) is 0 Å². The van der Waals surface area contributed by atoms with Crippen LogP contribution in [0.25, 0.3) is 0 Å². The van der Waals surface area contributed by atoms with E-state index in [1.54, 1.807) is 0 Å². The lowest BCUT2D eigenvalue weighted by atomic mass is 9.94. The van der Waals surface area contributed by atoms with E-state index in [4.69, 9.17) is 14.5 Å². The summed E-state index contributed by atoms with van der Waals surface area (Å²) in [4.78, 5) is 11.4. The summed E-state index contributed by atoms with van der Waals surface area (Å²) < 4.78 is 5.92. The first-order valence-electron chi connectivity index (χ1n) is 7.32. The molecule has 3 rings (SSSR count). The Bertz CT molecular complexity index is 398. The molecule has 1 spiro atoms. The van der Waals surface area contributed by atoms with Gasteiger partial charge in [0.05, 0.1) is 6.61 Å². The summed E-state index contributed by atoms with van der Waals surface area (Å²) in [5.41, 5.74) is 1.29. The van der Waals surface area contributed by atoms with Crippen molar-refractivity contribution in [2.24, 2.45) is 0 Å². The summed E-state index contributed by atoms with van der Waals surface area (Å²) in [6.07, 6.45) is 5.21. The molecule has 1 saturated heterocycles. The fourth-order valence-electron chi connectivity index (χ4n) is 3.03. The molecule has 0 amide bonds. The van der Waals surface area contributed by atoms with Crippen LogP contribution in [-0.2, 0) is 14.5 Å². The Morgan fingerprint density at radius 3 is 2.63 bits per heavy atom. The fraction of sp³-hybridized carbons (Fsp3) is 0.625. The standard InChI is InChI=1S/C16H22O3/c1-13(14-7-3-2-4-8-14)15-9-12-17-16(19-18-15)10-5-6-11-16/h2-4,7-8,13,15H,5-6,9-12H2,1H3/t13-,15-/m1/s1. The molecule has 104 valence electrons. The van der Waals surface area contributed by atoms with Gasteiger partial charge in [0, 0.05) is 25.2 Å². The summed E-state index contributed by atoms with van der Waals surface area (Å²) in [6.45, 7) is 2.91. The second-order valence-electron chi connectivity index (χ2n) is 5.67. The molecule has 0 bridgehead atoms. The van der Waals surface area contributed by atoms with Gasteiger partial charge < -0.3 is 4.74 Å². The van der Waals surface area contributed by atoms with E-state index in [0.29, 0.717) is 5.92 Å². The Morgan fingerprint density at radius 2 is 1.89 bits per heavy atom. The molecule has 0 unspecified atom stereocenters. The monoisotopic (exact) mass is 262 g/mol. The smallest absolute Gasteiger partial charge is 0.201 e. The van der Waals surface area contributed by atoms with Crippen molar-refractivity contribution in [1.82, 2.24) is 0 Å². The second kappa shape index (κ2) is 5.61. The minimum atomic E-state index is -0.453. The minimum absolute atomic E-state index is 0.0716. The molecule has 1 saturated carbocycles. The van der Waals surface area contributed by atoms with Crippen molar-refractivity contribution in [3.8, 4) is 0 Å². The van der Waals surface area contributed by atoms with Crippen molar-refractivity contribution in [3.05, 3.63) is 35.9 Å². The lowest BCUT2D eigenvalue weighted by Gasteiger charge is -2.26. The average Bonchev–Trinajstić information content (AvgIpc) is 2.81. The lowest BCUT2D eigenvalue weighted by molar-refractivity contribution is -0.428. The molecule has 1 aromatic carbocycles. The molecule has 19 heavy (non-hydrogen) atoms. The first-order valence-corrected chi connectivity index (χ1v) is 7.32. The van der Waals surface area contributed by atoms with Crippen LogP contribution in [0.2, 0.25) is 0 Å². The molecule has 0 aromatic heterocycles. The van der Waals surface area contributed by atoms with Crippen LogP contribution in [0, 0.1) is 0 Å². The number of hydrogen-bond donors (Lipinski definition) is 0. The van der Waals surface area contributed by atoms with Crippen LogP contribution in [0.3, 0.4) is 0 Å². The maximum absolute atomic E-state index is 5.92. The maximum Gasteiger partial charge on any atom is 0.201 e. The Balaban J connectivity index is 1.66. The summed E-state index contributed by atoms with van der Waals surface area (Å²) in [5.74, 6) is -0.133. The maximum atomic E-state index is 5.92. The van der Waals surface area contributed by atoms with Gasteiger partial charge in [-0.1, -0.05) is 37.3 Å². The van der Waals surface area contributed by atoms with Gasteiger partial charge in [0.1, 0.15) is 6.10 Å². The number of ether oxygens (including phenoxy) is 1. The molecule has 1 aromatic rings. The van der Waals surface area contributed by atoms with E-state index < -0.39 is 5.79 Å². The Labute approximate surface area is 114 Å². The molecule has 2 fully saturated rings. The Hall–Kier alpha value is -0.900. The van der Waals surface area contributed by atoms with E-state index in [-0.39, 0.29) is 6.10 Å². The number of benzene rings is 1. The molecule has 2 atom stereocenters. The largest absolute Gasteiger partial charge is 0.347 e. The van der Waals surface area contributed by atoms with Crippen LogP contribution < -0.4 is 0 Å². The summed E-state index contributed by atoms with van der Waals surface area (Å²) >= 11 is 0. The number of rotatable bonds is 2. The van der Waals surface area contributed by atoms with E-state index in [2.05, 4.69) is 31.2 Å². The molecule has 3 nitrogen and oxygen atoms in total. The van der Waals surface area contributed by atoms with E-state index in [0.717, 1.165) is 25.9 Å². The predicted octanol–water partition coefficient (Wildman–Crippen LogP) is 3.80. The quantitative estimate of drug-likeness (QED) is 0.759.